The molecule has 2 rings (SSSR count). The number of rotatable bonds is 5. The third-order valence-electron chi connectivity index (χ3n) is 3.11. The maximum Gasteiger partial charge on any atom is 0.129 e. The zero-order valence-corrected chi connectivity index (χ0v) is 10.8. The zero-order chi connectivity index (χ0) is 14.5. The van der Waals surface area contributed by atoms with E-state index in [0.29, 0.717) is 24.2 Å². The monoisotopic (exact) mass is 278 g/mol. The van der Waals surface area contributed by atoms with Crippen molar-refractivity contribution in [1.29, 1.82) is 0 Å². The van der Waals surface area contributed by atoms with Crippen LogP contribution in [0.5, 0.6) is 0 Å². The molecule has 1 unspecified atom stereocenters. The lowest BCUT2D eigenvalue weighted by Gasteiger charge is -2.17. The molecule has 0 aliphatic carbocycles. The highest BCUT2D eigenvalue weighted by Gasteiger charge is 2.14. The molecule has 0 amide bonds. The Kier molecular flexibility index (Phi) is 4.60. The van der Waals surface area contributed by atoms with Crippen LogP contribution in [0.25, 0.3) is 0 Å². The van der Waals surface area contributed by atoms with E-state index in [1.807, 2.05) is 6.07 Å². The Hall–Kier alpha value is -2.05. The number of hydrogen-bond acceptors (Lipinski definition) is 4. The van der Waals surface area contributed by atoms with Crippen LogP contribution < -0.4 is 17.0 Å². The highest BCUT2D eigenvalue weighted by Crippen LogP contribution is 2.15. The van der Waals surface area contributed by atoms with Crippen molar-refractivity contribution >= 4 is 5.82 Å². The molecular weight excluding hydrogens is 262 g/mol. The van der Waals surface area contributed by atoms with Gasteiger partial charge in [0.2, 0.25) is 0 Å². The molecule has 106 valence electrons. The van der Waals surface area contributed by atoms with Gasteiger partial charge in [0, 0.05) is 18.3 Å². The molecule has 1 heterocycles. The Morgan fingerprint density at radius 2 is 1.90 bits per heavy atom. The lowest BCUT2D eigenvalue weighted by molar-refractivity contribution is 0.502. The van der Waals surface area contributed by atoms with Crippen molar-refractivity contribution in [3.05, 3.63) is 59.3 Å². The molecule has 0 radical (unpaired) electrons. The van der Waals surface area contributed by atoms with Crippen LogP contribution in [-0.2, 0) is 12.8 Å². The summed E-state index contributed by atoms with van der Waals surface area (Å²) in [5.41, 5.74) is 9.62. The van der Waals surface area contributed by atoms with Gasteiger partial charge in [0.25, 0.3) is 0 Å². The molecule has 1 atom stereocenters. The van der Waals surface area contributed by atoms with Crippen LogP contribution in [0.1, 0.15) is 11.1 Å². The number of aromatic nitrogens is 1. The summed E-state index contributed by atoms with van der Waals surface area (Å²) in [6, 6.07) is 6.90. The molecular formula is C14H16F2N4. The number of nitrogens with zero attached hydrogens (tertiary/aromatic N) is 1. The molecule has 5 N–H and O–H groups in total. The minimum Gasteiger partial charge on any atom is -0.383 e. The Morgan fingerprint density at radius 3 is 2.55 bits per heavy atom. The van der Waals surface area contributed by atoms with Crippen LogP contribution in [0.3, 0.4) is 0 Å². The third kappa shape index (κ3) is 3.49. The Labute approximate surface area is 115 Å². The number of pyridine rings is 1. The second kappa shape index (κ2) is 6.40. The van der Waals surface area contributed by atoms with Crippen molar-refractivity contribution in [1.82, 2.24) is 10.4 Å². The summed E-state index contributed by atoms with van der Waals surface area (Å²) < 4.78 is 26.5. The number of hydrazine groups is 1. The predicted octanol–water partition coefficient (Wildman–Crippen LogP) is 1.56. The molecule has 6 heteroatoms. The Balaban J connectivity index is 2.11. The van der Waals surface area contributed by atoms with Crippen molar-refractivity contribution < 1.29 is 8.78 Å². The van der Waals surface area contributed by atoms with Gasteiger partial charge in [-0.05, 0) is 36.1 Å². The normalized spacial score (nSPS) is 12.3. The van der Waals surface area contributed by atoms with E-state index in [2.05, 4.69) is 10.4 Å². The first-order valence-corrected chi connectivity index (χ1v) is 6.19. The zero-order valence-electron chi connectivity index (χ0n) is 10.8. The maximum atomic E-state index is 13.6. The first kappa shape index (κ1) is 14.4. The van der Waals surface area contributed by atoms with Gasteiger partial charge in [-0.1, -0.05) is 12.1 Å². The van der Waals surface area contributed by atoms with E-state index < -0.39 is 11.6 Å². The number of hydrogen-bond donors (Lipinski definition) is 3. The van der Waals surface area contributed by atoms with Gasteiger partial charge in [-0.3, -0.25) is 11.3 Å². The van der Waals surface area contributed by atoms with Crippen molar-refractivity contribution in [2.45, 2.75) is 18.9 Å². The van der Waals surface area contributed by atoms with E-state index in [0.717, 1.165) is 11.6 Å². The van der Waals surface area contributed by atoms with E-state index in [9.17, 15) is 8.78 Å². The first-order chi connectivity index (χ1) is 9.60. The van der Waals surface area contributed by atoms with Crippen LogP contribution in [0.4, 0.5) is 14.6 Å². The van der Waals surface area contributed by atoms with Crippen molar-refractivity contribution in [2.75, 3.05) is 5.73 Å². The fourth-order valence-electron chi connectivity index (χ4n) is 2.03. The molecule has 1 aromatic carbocycles. The van der Waals surface area contributed by atoms with Gasteiger partial charge in [0.05, 0.1) is 0 Å². The molecule has 0 fully saturated rings. The molecule has 4 nitrogen and oxygen atoms in total. The Morgan fingerprint density at radius 1 is 1.15 bits per heavy atom. The van der Waals surface area contributed by atoms with Gasteiger partial charge >= 0.3 is 0 Å². The summed E-state index contributed by atoms with van der Waals surface area (Å²) in [4.78, 5) is 3.99. The van der Waals surface area contributed by atoms with E-state index >= 15 is 0 Å². The average Bonchev–Trinajstić information content (AvgIpc) is 2.43. The summed E-state index contributed by atoms with van der Waals surface area (Å²) >= 11 is 0. The quantitative estimate of drug-likeness (QED) is 0.573. The number of nitrogens with one attached hydrogen (secondary N) is 1. The smallest absolute Gasteiger partial charge is 0.129 e. The molecule has 0 saturated heterocycles. The van der Waals surface area contributed by atoms with Crippen LogP contribution >= 0.6 is 0 Å². The van der Waals surface area contributed by atoms with E-state index in [1.165, 1.54) is 12.1 Å². The summed E-state index contributed by atoms with van der Waals surface area (Å²) in [5, 5.41) is 0. The Bertz CT molecular complexity index is 589. The number of halogens is 2. The molecule has 0 saturated carbocycles. The topological polar surface area (TPSA) is 77.0 Å². The van der Waals surface area contributed by atoms with E-state index in [4.69, 9.17) is 11.6 Å². The number of nitrogens with two attached hydrogens (primary N) is 2. The SMILES string of the molecule is NNC(Cc1ccc(F)cc1F)Cc1cccnc1N. The first-order valence-electron chi connectivity index (χ1n) is 6.19. The van der Waals surface area contributed by atoms with Crippen molar-refractivity contribution in [3.8, 4) is 0 Å². The molecule has 2 aromatic rings. The van der Waals surface area contributed by atoms with Crippen LogP contribution in [0, 0.1) is 11.6 Å². The standard InChI is InChI=1S/C14H16F2N4/c15-11-4-3-9(13(16)8-11)6-12(20-18)7-10-2-1-5-19-14(10)17/h1-5,8,12,20H,6-7,18H2,(H2,17,19). The summed E-state index contributed by atoms with van der Waals surface area (Å²) in [6.07, 6.45) is 2.44. The number of nitrogen functional groups attached to an aromatic ring is 1. The van der Waals surface area contributed by atoms with Crippen molar-refractivity contribution in [2.24, 2.45) is 5.84 Å². The van der Waals surface area contributed by atoms with Gasteiger partial charge in [0.15, 0.2) is 0 Å². The minimum absolute atomic E-state index is 0.221. The number of anilines is 1. The van der Waals surface area contributed by atoms with Crippen LogP contribution in [-0.4, -0.2) is 11.0 Å². The molecule has 0 bridgehead atoms. The minimum atomic E-state index is -0.597. The van der Waals surface area contributed by atoms with E-state index in [1.54, 1.807) is 12.3 Å². The predicted molar refractivity (Wildman–Crippen MR) is 73.5 cm³/mol. The highest BCUT2D eigenvalue weighted by molar-refractivity contribution is 5.39. The lowest BCUT2D eigenvalue weighted by Crippen LogP contribution is -2.38. The van der Waals surface area contributed by atoms with Gasteiger partial charge in [-0.25, -0.2) is 13.8 Å². The molecule has 0 aliphatic rings. The molecule has 0 spiro atoms. The van der Waals surface area contributed by atoms with Gasteiger partial charge < -0.3 is 5.73 Å². The third-order valence-corrected chi connectivity index (χ3v) is 3.11. The highest BCUT2D eigenvalue weighted by atomic mass is 19.1. The second-order valence-electron chi connectivity index (χ2n) is 4.56. The average molecular weight is 278 g/mol. The summed E-state index contributed by atoms with van der Waals surface area (Å²) in [6.45, 7) is 0. The molecule has 20 heavy (non-hydrogen) atoms. The summed E-state index contributed by atoms with van der Waals surface area (Å²) in [7, 11) is 0. The summed E-state index contributed by atoms with van der Waals surface area (Å²) in [5.74, 6) is 4.74. The van der Waals surface area contributed by atoms with Gasteiger partial charge in [-0.2, -0.15) is 0 Å². The fourth-order valence-corrected chi connectivity index (χ4v) is 2.03. The molecule has 1 aromatic heterocycles. The largest absolute Gasteiger partial charge is 0.383 e. The van der Waals surface area contributed by atoms with Crippen LogP contribution in [0.2, 0.25) is 0 Å². The fraction of sp³-hybridized carbons (Fsp3) is 0.214. The van der Waals surface area contributed by atoms with Crippen LogP contribution in [0.15, 0.2) is 36.5 Å². The lowest BCUT2D eigenvalue weighted by atomic mass is 9.99. The van der Waals surface area contributed by atoms with Gasteiger partial charge in [-0.15, -0.1) is 0 Å². The second-order valence-corrected chi connectivity index (χ2v) is 4.56. The molecule has 0 aliphatic heterocycles. The van der Waals surface area contributed by atoms with Gasteiger partial charge in [0.1, 0.15) is 17.5 Å². The van der Waals surface area contributed by atoms with E-state index in [-0.39, 0.29) is 6.04 Å². The maximum absolute atomic E-state index is 13.6. The number of benzene rings is 1. The van der Waals surface area contributed by atoms with Crippen molar-refractivity contribution in [3.63, 3.8) is 0 Å².